The summed E-state index contributed by atoms with van der Waals surface area (Å²) < 4.78 is 0. The first kappa shape index (κ1) is 6.66. The fourth-order valence-electron chi connectivity index (χ4n) is 2.35. The average Bonchev–Trinajstić information content (AvgIpc) is 2.12. The van der Waals surface area contributed by atoms with Crippen LogP contribution in [0.4, 0.5) is 0 Å². The molecule has 2 saturated heterocycles. The standard InChI is InChI=1S/C9H17N/c1-2-5-9-7-3-6-8(4-1)10-9/h8-10H,1-7H2. The highest BCUT2D eigenvalue weighted by atomic mass is 15.0. The topological polar surface area (TPSA) is 12.0 Å². The van der Waals surface area contributed by atoms with Crippen LogP contribution >= 0.6 is 0 Å². The predicted molar refractivity (Wildman–Crippen MR) is 43.0 cm³/mol. The number of fused-ring (bicyclic) bond motifs is 2. The Balaban J connectivity index is 1.96. The lowest BCUT2D eigenvalue weighted by Crippen LogP contribution is -2.40. The summed E-state index contributed by atoms with van der Waals surface area (Å²) in [5.74, 6) is 0. The van der Waals surface area contributed by atoms with Crippen molar-refractivity contribution in [2.24, 2.45) is 0 Å². The second-order valence-corrected chi connectivity index (χ2v) is 3.78. The van der Waals surface area contributed by atoms with Gasteiger partial charge < -0.3 is 5.32 Å². The van der Waals surface area contributed by atoms with Gasteiger partial charge in [0.25, 0.3) is 0 Å². The van der Waals surface area contributed by atoms with Crippen molar-refractivity contribution < 1.29 is 0 Å². The van der Waals surface area contributed by atoms with Crippen LogP contribution in [0.3, 0.4) is 0 Å². The lowest BCUT2D eigenvalue weighted by atomic mass is 9.98. The summed E-state index contributed by atoms with van der Waals surface area (Å²) in [6, 6.07) is 1.78. The van der Waals surface area contributed by atoms with Gasteiger partial charge >= 0.3 is 0 Å². The van der Waals surface area contributed by atoms with Gasteiger partial charge in [0.05, 0.1) is 0 Å². The highest BCUT2D eigenvalue weighted by Gasteiger charge is 2.22. The van der Waals surface area contributed by atoms with E-state index in [1.165, 1.54) is 44.9 Å². The molecule has 0 aromatic rings. The van der Waals surface area contributed by atoms with E-state index in [0.717, 1.165) is 12.1 Å². The summed E-state index contributed by atoms with van der Waals surface area (Å²) in [4.78, 5) is 0. The van der Waals surface area contributed by atoms with Crippen LogP contribution in [0.1, 0.15) is 44.9 Å². The van der Waals surface area contributed by atoms with Crippen molar-refractivity contribution in [1.82, 2.24) is 5.32 Å². The Morgan fingerprint density at radius 3 is 1.80 bits per heavy atom. The lowest BCUT2D eigenvalue weighted by molar-refractivity contribution is 0.324. The van der Waals surface area contributed by atoms with Gasteiger partial charge in [-0.1, -0.05) is 19.3 Å². The fraction of sp³-hybridized carbons (Fsp3) is 1.00. The SMILES string of the molecule is C1CCC2CCCC(C1)N2. The zero-order valence-electron chi connectivity index (χ0n) is 6.60. The van der Waals surface area contributed by atoms with Crippen molar-refractivity contribution in [2.75, 3.05) is 0 Å². The number of piperidine rings is 1. The maximum atomic E-state index is 3.72. The molecule has 58 valence electrons. The maximum Gasteiger partial charge on any atom is 0.00696 e. The summed E-state index contributed by atoms with van der Waals surface area (Å²) in [6.07, 6.45) is 10.2. The zero-order chi connectivity index (χ0) is 6.81. The van der Waals surface area contributed by atoms with Gasteiger partial charge in [-0.05, 0) is 25.7 Å². The molecule has 1 N–H and O–H groups in total. The molecular weight excluding hydrogens is 122 g/mol. The molecule has 1 nitrogen and oxygen atoms in total. The summed E-state index contributed by atoms with van der Waals surface area (Å²) in [6.45, 7) is 0. The highest BCUT2D eigenvalue weighted by Crippen LogP contribution is 2.23. The lowest BCUT2D eigenvalue weighted by Gasteiger charge is -2.27. The monoisotopic (exact) mass is 139 g/mol. The highest BCUT2D eigenvalue weighted by molar-refractivity contribution is 4.82. The quantitative estimate of drug-likeness (QED) is 0.541. The summed E-state index contributed by atoms with van der Waals surface area (Å²) in [7, 11) is 0. The van der Waals surface area contributed by atoms with E-state index in [1.54, 1.807) is 0 Å². The summed E-state index contributed by atoms with van der Waals surface area (Å²) in [5, 5.41) is 3.72. The van der Waals surface area contributed by atoms with E-state index in [1.807, 2.05) is 0 Å². The molecular formula is C9H17N. The molecule has 0 radical (unpaired) electrons. The van der Waals surface area contributed by atoms with Crippen LogP contribution in [0, 0.1) is 0 Å². The molecule has 0 aromatic heterocycles. The minimum atomic E-state index is 0.890. The van der Waals surface area contributed by atoms with Gasteiger partial charge in [0.15, 0.2) is 0 Å². The molecule has 0 aliphatic carbocycles. The smallest absolute Gasteiger partial charge is 0.00696 e. The Morgan fingerprint density at radius 2 is 1.20 bits per heavy atom. The van der Waals surface area contributed by atoms with Gasteiger partial charge in [0.2, 0.25) is 0 Å². The molecule has 0 spiro atoms. The van der Waals surface area contributed by atoms with Crippen molar-refractivity contribution >= 4 is 0 Å². The molecule has 2 fully saturated rings. The van der Waals surface area contributed by atoms with E-state index in [-0.39, 0.29) is 0 Å². The van der Waals surface area contributed by atoms with Crippen LogP contribution < -0.4 is 5.32 Å². The maximum absolute atomic E-state index is 3.72. The minimum absolute atomic E-state index is 0.890. The van der Waals surface area contributed by atoms with E-state index >= 15 is 0 Å². The minimum Gasteiger partial charge on any atom is -0.311 e. The molecule has 2 aliphatic rings. The number of nitrogens with one attached hydrogen (secondary N) is 1. The number of hydrogen-bond acceptors (Lipinski definition) is 1. The van der Waals surface area contributed by atoms with E-state index in [9.17, 15) is 0 Å². The Kier molecular flexibility index (Phi) is 1.94. The predicted octanol–water partition coefficient (Wildman–Crippen LogP) is 2.07. The van der Waals surface area contributed by atoms with E-state index < -0.39 is 0 Å². The molecule has 0 amide bonds. The summed E-state index contributed by atoms with van der Waals surface area (Å²) in [5.41, 5.74) is 0. The largest absolute Gasteiger partial charge is 0.311 e. The first-order valence-corrected chi connectivity index (χ1v) is 4.71. The fourth-order valence-corrected chi connectivity index (χ4v) is 2.35. The molecule has 2 unspecified atom stereocenters. The molecule has 0 saturated carbocycles. The van der Waals surface area contributed by atoms with Crippen molar-refractivity contribution in [1.29, 1.82) is 0 Å². The Morgan fingerprint density at radius 1 is 0.700 bits per heavy atom. The van der Waals surface area contributed by atoms with Gasteiger partial charge in [-0.15, -0.1) is 0 Å². The van der Waals surface area contributed by atoms with Crippen LogP contribution in [0.2, 0.25) is 0 Å². The first-order chi connectivity index (χ1) is 4.95. The van der Waals surface area contributed by atoms with Gasteiger partial charge in [-0.2, -0.15) is 0 Å². The Bertz CT molecular complexity index is 99.3. The second kappa shape index (κ2) is 2.91. The molecule has 0 aromatic carbocycles. The van der Waals surface area contributed by atoms with Crippen molar-refractivity contribution in [3.63, 3.8) is 0 Å². The zero-order valence-corrected chi connectivity index (χ0v) is 6.60. The van der Waals surface area contributed by atoms with Gasteiger partial charge in [-0.25, -0.2) is 0 Å². The van der Waals surface area contributed by atoms with Crippen LogP contribution in [0.25, 0.3) is 0 Å². The molecule has 2 heterocycles. The second-order valence-electron chi connectivity index (χ2n) is 3.78. The van der Waals surface area contributed by atoms with E-state index in [0.29, 0.717) is 0 Å². The molecule has 2 bridgehead atoms. The molecule has 2 aliphatic heterocycles. The first-order valence-electron chi connectivity index (χ1n) is 4.71. The normalized spacial score (nSPS) is 40.8. The van der Waals surface area contributed by atoms with Crippen LogP contribution in [0.15, 0.2) is 0 Å². The van der Waals surface area contributed by atoms with Crippen molar-refractivity contribution in [3.8, 4) is 0 Å². The van der Waals surface area contributed by atoms with Gasteiger partial charge in [0.1, 0.15) is 0 Å². The van der Waals surface area contributed by atoms with E-state index in [4.69, 9.17) is 0 Å². The number of rotatable bonds is 0. The molecule has 2 atom stereocenters. The van der Waals surface area contributed by atoms with Gasteiger partial charge in [0, 0.05) is 12.1 Å². The van der Waals surface area contributed by atoms with Gasteiger partial charge in [-0.3, -0.25) is 0 Å². The van der Waals surface area contributed by atoms with E-state index in [2.05, 4.69) is 5.32 Å². The Labute approximate surface area is 63.2 Å². The molecule has 2 rings (SSSR count). The average molecular weight is 139 g/mol. The third kappa shape index (κ3) is 1.34. The van der Waals surface area contributed by atoms with Crippen LogP contribution in [0.5, 0.6) is 0 Å². The third-order valence-corrected chi connectivity index (χ3v) is 2.93. The summed E-state index contributed by atoms with van der Waals surface area (Å²) >= 11 is 0. The van der Waals surface area contributed by atoms with Crippen LogP contribution in [-0.2, 0) is 0 Å². The number of hydrogen-bond donors (Lipinski definition) is 1. The van der Waals surface area contributed by atoms with Crippen molar-refractivity contribution in [3.05, 3.63) is 0 Å². The molecule has 10 heavy (non-hydrogen) atoms. The Hall–Kier alpha value is -0.0400. The third-order valence-electron chi connectivity index (χ3n) is 2.93. The van der Waals surface area contributed by atoms with Crippen LogP contribution in [-0.4, -0.2) is 12.1 Å². The van der Waals surface area contributed by atoms with Crippen molar-refractivity contribution in [2.45, 2.75) is 57.0 Å². The molecule has 1 heteroatoms.